The fraction of sp³-hybridized carbons (Fsp3) is 0.167. The highest BCUT2D eigenvalue weighted by Gasteiger charge is 2.37. The number of nitrogens with one attached hydrogen (secondary N) is 1. The molecular weight excluding hydrogens is 304 g/mol. The van der Waals surface area contributed by atoms with Gasteiger partial charge in [-0.25, -0.2) is 0 Å². The molecule has 3 nitrogen and oxygen atoms in total. The Balaban J connectivity index is 2.48. The van der Waals surface area contributed by atoms with E-state index in [4.69, 9.17) is 0 Å². The van der Waals surface area contributed by atoms with Crippen molar-refractivity contribution < 1.29 is 26.3 Å². The highest BCUT2D eigenvalue weighted by atomic mass is 19.4. The summed E-state index contributed by atoms with van der Waals surface area (Å²) < 4.78 is 75.5. The molecule has 0 amide bonds. The van der Waals surface area contributed by atoms with Crippen molar-refractivity contribution in [3.63, 3.8) is 0 Å². The lowest BCUT2D eigenvalue weighted by molar-refractivity contribution is -0.143. The first-order chi connectivity index (χ1) is 9.48. The summed E-state index contributed by atoms with van der Waals surface area (Å²) >= 11 is 0. The van der Waals surface area contributed by atoms with Crippen LogP contribution < -0.4 is 16.2 Å². The van der Waals surface area contributed by atoms with Gasteiger partial charge in [0, 0.05) is 11.8 Å². The van der Waals surface area contributed by atoms with E-state index in [2.05, 4.69) is 5.32 Å². The lowest BCUT2D eigenvalue weighted by atomic mass is 10.1. The first-order valence-electron chi connectivity index (χ1n) is 5.35. The van der Waals surface area contributed by atoms with Crippen LogP contribution in [0.2, 0.25) is 0 Å². The van der Waals surface area contributed by atoms with Crippen LogP contribution in [0.4, 0.5) is 37.7 Å². The van der Waals surface area contributed by atoms with Crippen molar-refractivity contribution in [3.8, 4) is 0 Å². The Hall–Kier alpha value is -2.32. The van der Waals surface area contributed by atoms with Gasteiger partial charge >= 0.3 is 12.4 Å². The number of rotatable bonds is 2. The largest absolute Gasteiger partial charge is 0.416 e. The summed E-state index contributed by atoms with van der Waals surface area (Å²) in [5.74, 6) is 0. The van der Waals surface area contributed by atoms with E-state index in [1.54, 1.807) is 0 Å². The monoisotopic (exact) mass is 309 g/mol. The van der Waals surface area contributed by atoms with Gasteiger partial charge < -0.3 is 5.32 Å². The number of benzene rings is 1. The summed E-state index contributed by atoms with van der Waals surface area (Å²) in [7, 11) is 0. The van der Waals surface area contributed by atoms with Gasteiger partial charge in [-0.3, -0.25) is 9.59 Å². The van der Waals surface area contributed by atoms with Crippen LogP contribution in [0.3, 0.4) is 0 Å². The first kappa shape index (κ1) is 15.1. The third-order valence-corrected chi connectivity index (χ3v) is 2.61. The smallest absolute Gasteiger partial charge is 0.352 e. The number of halogens is 6. The molecule has 2 rings (SSSR count). The number of hydrogen-bond donors (Lipinski definition) is 1. The quantitative estimate of drug-likeness (QED) is 0.685. The maximum absolute atomic E-state index is 12.6. The Morgan fingerprint density at radius 3 is 1.57 bits per heavy atom. The van der Waals surface area contributed by atoms with Crippen molar-refractivity contribution in [1.82, 2.24) is 0 Å². The van der Waals surface area contributed by atoms with Gasteiger partial charge in [-0.1, -0.05) is 0 Å². The summed E-state index contributed by atoms with van der Waals surface area (Å²) in [6.07, 6.45) is -9.96. The van der Waals surface area contributed by atoms with Gasteiger partial charge in [-0.05, 0) is 18.2 Å². The van der Waals surface area contributed by atoms with E-state index in [1.165, 1.54) is 0 Å². The predicted molar refractivity (Wildman–Crippen MR) is 61.1 cm³/mol. The number of alkyl halides is 6. The van der Waals surface area contributed by atoms with Crippen molar-refractivity contribution in [3.05, 3.63) is 55.8 Å². The fourth-order valence-corrected chi connectivity index (χ4v) is 1.59. The molecule has 9 heteroatoms. The molecule has 0 saturated heterocycles. The average molecular weight is 309 g/mol. The van der Waals surface area contributed by atoms with Gasteiger partial charge in [0.25, 0.3) is 0 Å². The maximum Gasteiger partial charge on any atom is 0.416 e. The number of anilines is 2. The third-order valence-electron chi connectivity index (χ3n) is 2.61. The van der Waals surface area contributed by atoms with Gasteiger partial charge in [-0.15, -0.1) is 0 Å². The summed E-state index contributed by atoms with van der Waals surface area (Å²) in [4.78, 5) is 21.7. The SMILES string of the molecule is O=c1cc(Nc2cc(C(F)(F)F)cc(C(F)(F)F)c2)c1=O. The zero-order chi connectivity index (χ0) is 16.0. The van der Waals surface area contributed by atoms with Crippen molar-refractivity contribution in [2.24, 2.45) is 0 Å². The summed E-state index contributed by atoms with van der Waals surface area (Å²) in [6.45, 7) is 0. The van der Waals surface area contributed by atoms with Gasteiger partial charge in [0.2, 0.25) is 10.9 Å². The van der Waals surface area contributed by atoms with Crippen LogP contribution in [0.5, 0.6) is 0 Å². The molecule has 1 N–H and O–H groups in total. The summed E-state index contributed by atoms with van der Waals surface area (Å²) in [6, 6.07) is 1.60. The van der Waals surface area contributed by atoms with Gasteiger partial charge in [0.15, 0.2) is 0 Å². The van der Waals surface area contributed by atoms with Crippen molar-refractivity contribution in [2.45, 2.75) is 12.4 Å². The van der Waals surface area contributed by atoms with E-state index in [0.29, 0.717) is 12.1 Å². The Morgan fingerprint density at radius 1 is 0.762 bits per heavy atom. The molecule has 0 aliphatic carbocycles. The van der Waals surface area contributed by atoms with Gasteiger partial charge in [-0.2, -0.15) is 26.3 Å². The van der Waals surface area contributed by atoms with E-state index in [1.807, 2.05) is 0 Å². The molecule has 0 aliphatic heterocycles. The summed E-state index contributed by atoms with van der Waals surface area (Å²) in [5, 5.41) is 2.07. The minimum atomic E-state index is -4.98. The lowest BCUT2D eigenvalue weighted by Gasteiger charge is -2.15. The normalized spacial score (nSPS) is 12.7. The average Bonchev–Trinajstić information content (AvgIpc) is 2.35. The van der Waals surface area contributed by atoms with Crippen molar-refractivity contribution in [2.75, 3.05) is 5.32 Å². The van der Waals surface area contributed by atoms with Crippen LogP contribution >= 0.6 is 0 Å². The topological polar surface area (TPSA) is 46.2 Å². The van der Waals surface area contributed by atoms with Gasteiger partial charge in [0.1, 0.15) is 0 Å². The Bertz CT molecular complexity index is 720. The van der Waals surface area contributed by atoms with Crippen LogP contribution in [0.15, 0.2) is 33.9 Å². The summed E-state index contributed by atoms with van der Waals surface area (Å²) in [5.41, 5.74) is -5.84. The molecule has 0 heterocycles. The molecule has 0 saturated carbocycles. The highest BCUT2D eigenvalue weighted by Crippen LogP contribution is 2.37. The van der Waals surface area contributed by atoms with E-state index >= 15 is 0 Å². The van der Waals surface area contributed by atoms with E-state index < -0.39 is 40.0 Å². The Kier molecular flexibility index (Phi) is 3.31. The van der Waals surface area contributed by atoms with Crippen LogP contribution in [-0.2, 0) is 12.4 Å². The standard InChI is InChI=1S/C12H5F6NO2/c13-11(14,15)5-1-6(12(16,17)18)3-7(2-5)19-8-4-9(20)10(8)21/h1-4,19H. The second kappa shape index (κ2) is 4.61. The molecule has 21 heavy (non-hydrogen) atoms. The second-order valence-electron chi connectivity index (χ2n) is 4.17. The zero-order valence-corrected chi connectivity index (χ0v) is 9.89. The minimum Gasteiger partial charge on any atom is -0.352 e. The predicted octanol–water partition coefficient (Wildman–Crippen LogP) is 3.06. The van der Waals surface area contributed by atoms with Crippen LogP contribution in [0.1, 0.15) is 11.1 Å². The van der Waals surface area contributed by atoms with E-state index in [-0.39, 0.29) is 11.8 Å². The van der Waals surface area contributed by atoms with Crippen molar-refractivity contribution in [1.29, 1.82) is 0 Å². The molecule has 0 fully saturated rings. The zero-order valence-electron chi connectivity index (χ0n) is 9.89. The molecule has 0 radical (unpaired) electrons. The fourth-order valence-electron chi connectivity index (χ4n) is 1.59. The molecule has 0 aliphatic rings. The van der Waals surface area contributed by atoms with Crippen molar-refractivity contribution >= 4 is 11.4 Å². The molecular formula is C12H5F6NO2. The molecule has 0 bridgehead atoms. The maximum atomic E-state index is 12.6. The Morgan fingerprint density at radius 2 is 1.24 bits per heavy atom. The Labute approximate surface area is 112 Å². The molecule has 0 unspecified atom stereocenters. The molecule has 0 atom stereocenters. The first-order valence-corrected chi connectivity index (χ1v) is 5.35. The molecule has 112 valence electrons. The van der Waals surface area contributed by atoms with Crippen LogP contribution in [-0.4, -0.2) is 0 Å². The highest BCUT2D eigenvalue weighted by molar-refractivity contribution is 5.63. The third kappa shape index (κ3) is 3.06. The van der Waals surface area contributed by atoms with Crippen LogP contribution in [0, 0.1) is 0 Å². The minimum absolute atomic E-state index is 0.0344. The molecule has 0 aromatic heterocycles. The van der Waals surface area contributed by atoms with E-state index in [0.717, 1.165) is 6.07 Å². The number of hydrogen-bond acceptors (Lipinski definition) is 3. The molecule has 2 aromatic carbocycles. The second-order valence-corrected chi connectivity index (χ2v) is 4.17. The lowest BCUT2D eigenvalue weighted by Crippen LogP contribution is -2.31. The molecule has 2 aromatic rings. The van der Waals surface area contributed by atoms with Gasteiger partial charge in [0.05, 0.1) is 16.8 Å². The van der Waals surface area contributed by atoms with Crippen LogP contribution in [0.25, 0.3) is 0 Å². The molecule has 0 spiro atoms. The van der Waals surface area contributed by atoms with E-state index in [9.17, 15) is 35.9 Å².